The molecule has 1 saturated heterocycles. The Balaban J connectivity index is 1.93. The van der Waals surface area contributed by atoms with Crippen molar-refractivity contribution in [2.24, 2.45) is 10.7 Å². The summed E-state index contributed by atoms with van der Waals surface area (Å²) in [4.78, 5) is 12.0. The second-order valence-electron chi connectivity index (χ2n) is 3.63. The minimum Gasteiger partial charge on any atom is -0.370 e. The van der Waals surface area contributed by atoms with Gasteiger partial charge in [0.2, 0.25) is 0 Å². The number of hydrogen-bond donors (Lipinski definition) is 1. The molecule has 1 aliphatic heterocycles. The highest BCUT2D eigenvalue weighted by Crippen LogP contribution is 2.14. The van der Waals surface area contributed by atoms with E-state index in [2.05, 4.69) is 14.9 Å². The molecule has 1 fully saturated rings. The van der Waals surface area contributed by atoms with Crippen LogP contribution in [-0.4, -0.2) is 40.4 Å². The number of aliphatic imine (C=N–C) groups is 1. The van der Waals surface area contributed by atoms with Crippen LogP contribution < -0.4 is 5.73 Å². The Morgan fingerprint density at radius 1 is 1.56 bits per heavy atom. The van der Waals surface area contributed by atoms with Gasteiger partial charge in [0.1, 0.15) is 0 Å². The van der Waals surface area contributed by atoms with Crippen molar-refractivity contribution >= 4 is 29.1 Å². The Kier molecular flexibility index (Phi) is 4.06. The van der Waals surface area contributed by atoms with Gasteiger partial charge in [-0.05, 0) is 6.92 Å². The number of nitrogens with two attached hydrogens (primary N) is 1. The van der Waals surface area contributed by atoms with Crippen molar-refractivity contribution in [1.82, 2.24) is 9.88 Å². The van der Waals surface area contributed by atoms with Gasteiger partial charge in [0.15, 0.2) is 5.96 Å². The molecule has 0 radical (unpaired) electrons. The molecule has 0 aliphatic carbocycles. The summed E-state index contributed by atoms with van der Waals surface area (Å²) in [6.45, 7) is 4.70. The fourth-order valence-electron chi connectivity index (χ4n) is 1.52. The predicted molar refractivity (Wildman–Crippen MR) is 71.1 cm³/mol. The highest BCUT2D eigenvalue weighted by Gasteiger charge is 2.12. The Bertz CT molecular complexity index is 369. The number of nitrogens with zero attached hydrogens (tertiary/aromatic N) is 3. The fourth-order valence-corrected chi connectivity index (χ4v) is 3.13. The molecular formula is C10H16N4S2. The van der Waals surface area contributed by atoms with Crippen LogP contribution in [0.3, 0.4) is 0 Å². The van der Waals surface area contributed by atoms with Crippen molar-refractivity contribution in [2.75, 3.05) is 24.6 Å². The zero-order chi connectivity index (χ0) is 11.4. The van der Waals surface area contributed by atoms with Gasteiger partial charge >= 0.3 is 0 Å². The van der Waals surface area contributed by atoms with Crippen LogP contribution in [0.25, 0.3) is 0 Å². The van der Waals surface area contributed by atoms with E-state index < -0.39 is 0 Å². The molecule has 2 rings (SSSR count). The van der Waals surface area contributed by atoms with Crippen LogP contribution in [0.15, 0.2) is 10.5 Å². The van der Waals surface area contributed by atoms with E-state index in [4.69, 9.17) is 5.73 Å². The van der Waals surface area contributed by atoms with Crippen LogP contribution in [0.5, 0.6) is 0 Å². The first kappa shape index (κ1) is 11.7. The van der Waals surface area contributed by atoms with E-state index in [1.165, 1.54) is 4.88 Å². The standard InChI is InChI=1S/C10H16N4S2/c1-8-9(16-7-13-8)6-12-10(11)14-2-4-15-5-3-14/h7H,2-6H2,1H3,(H2,11,12). The second-order valence-corrected chi connectivity index (χ2v) is 5.80. The Labute approximate surface area is 104 Å². The first-order chi connectivity index (χ1) is 7.77. The summed E-state index contributed by atoms with van der Waals surface area (Å²) in [6, 6.07) is 0. The predicted octanol–water partition coefficient (Wildman–Crippen LogP) is 1.32. The molecule has 0 bridgehead atoms. The minimum atomic E-state index is 0.659. The third-order valence-electron chi connectivity index (χ3n) is 2.56. The number of guanidine groups is 1. The summed E-state index contributed by atoms with van der Waals surface area (Å²) in [5.41, 5.74) is 8.89. The topological polar surface area (TPSA) is 54.5 Å². The van der Waals surface area contributed by atoms with E-state index in [0.29, 0.717) is 12.5 Å². The van der Waals surface area contributed by atoms with Crippen molar-refractivity contribution in [3.63, 3.8) is 0 Å². The number of thiazole rings is 1. The van der Waals surface area contributed by atoms with Crippen LogP contribution in [0.2, 0.25) is 0 Å². The summed E-state index contributed by atoms with van der Waals surface area (Å²) in [7, 11) is 0. The summed E-state index contributed by atoms with van der Waals surface area (Å²) >= 11 is 3.62. The smallest absolute Gasteiger partial charge is 0.191 e. The molecule has 2 heterocycles. The highest BCUT2D eigenvalue weighted by molar-refractivity contribution is 7.99. The lowest BCUT2D eigenvalue weighted by molar-refractivity contribution is 0.456. The fraction of sp³-hybridized carbons (Fsp3) is 0.600. The molecule has 6 heteroatoms. The molecule has 0 saturated carbocycles. The lowest BCUT2D eigenvalue weighted by Crippen LogP contribution is -2.42. The zero-order valence-electron chi connectivity index (χ0n) is 9.35. The van der Waals surface area contributed by atoms with Gasteiger partial charge in [0, 0.05) is 29.5 Å². The number of aryl methyl sites for hydroxylation is 1. The summed E-state index contributed by atoms with van der Waals surface area (Å²) < 4.78 is 0. The SMILES string of the molecule is Cc1ncsc1CN=C(N)N1CCSCC1. The monoisotopic (exact) mass is 256 g/mol. The van der Waals surface area contributed by atoms with Gasteiger partial charge in [0.05, 0.1) is 17.7 Å². The molecular weight excluding hydrogens is 240 g/mol. The van der Waals surface area contributed by atoms with E-state index >= 15 is 0 Å². The average molecular weight is 256 g/mol. The third-order valence-corrected chi connectivity index (χ3v) is 4.43. The normalized spacial score (nSPS) is 17.8. The van der Waals surface area contributed by atoms with Crippen LogP contribution in [0, 0.1) is 6.92 Å². The molecule has 0 spiro atoms. The molecule has 1 aliphatic rings. The number of thioether (sulfide) groups is 1. The van der Waals surface area contributed by atoms with Crippen LogP contribution >= 0.6 is 23.1 Å². The third kappa shape index (κ3) is 2.89. The van der Waals surface area contributed by atoms with E-state index in [0.717, 1.165) is 30.3 Å². The van der Waals surface area contributed by atoms with Gasteiger partial charge in [-0.25, -0.2) is 9.98 Å². The lowest BCUT2D eigenvalue weighted by Gasteiger charge is -2.27. The maximum atomic E-state index is 5.97. The maximum Gasteiger partial charge on any atom is 0.191 e. The lowest BCUT2D eigenvalue weighted by atomic mass is 10.4. The molecule has 16 heavy (non-hydrogen) atoms. The molecule has 2 N–H and O–H groups in total. The zero-order valence-corrected chi connectivity index (χ0v) is 11.0. The van der Waals surface area contributed by atoms with Gasteiger partial charge in [0.25, 0.3) is 0 Å². The summed E-state index contributed by atoms with van der Waals surface area (Å²) in [5.74, 6) is 2.97. The van der Waals surface area contributed by atoms with Crippen molar-refractivity contribution in [1.29, 1.82) is 0 Å². The molecule has 0 amide bonds. The molecule has 88 valence electrons. The molecule has 4 nitrogen and oxygen atoms in total. The van der Waals surface area contributed by atoms with Crippen molar-refractivity contribution in [3.05, 3.63) is 16.1 Å². The molecule has 0 aromatic carbocycles. The van der Waals surface area contributed by atoms with E-state index in [-0.39, 0.29) is 0 Å². The summed E-state index contributed by atoms with van der Waals surface area (Å²) in [5, 5.41) is 0. The van der Waals surface area contributed by atoms with Gasteiger partial charge in [-0.1, -0.05) is 0 Å². The molecule has 1 aromatic heterocycles. The van der Waals surface area contributed by atoms with Crippen LogP contribution in [0.1, 0.15) is 10.6 Å². The van der Waals surface area contributed by atoms with Crippen LogP contribution in [-0.2, 0) is 6.54 Å². The minimum absolute atomic E-state index is 0.659. The number of rotatable bonds is 2. The largest absolute Gasteiger partial charge is 0.370 e. The molecule has 0 atom stereocenters. The van der Waals surface area contributed by atoms with Crippen molar-refractivity contribution in [2.45, 2.75) is 13.5 Å². The van der Waals surface area contributed by atoms with Gasteiger partial charge < -0.3 is 10.6 Å². The van der Waals surface area contributed by atoms with Crippen molar-refractivity contribution in [3.8, 4) is 0 Å². The Morgan fingerprint density at radius 3 is 2.94 bits per heavy atom. The highest BCUT2D eigenvalue weighted by atomic mass is 32.2. The average Bonchev–Trinajstić information content (AvgIpc) is 2.73. The first-order valence-electron chi connectivity index (χ1n) is 5.29. The maximum absolute atomic E-state index is 5.97. The molecule has 0 unspecified atom stereocenters. The van der Waals surface area contributed by atoms with Gasteiger partial charge in [-0.2, -0.15) is 11.8 Å². The second kappa shape index (κ2) is 5.54. The van der Waals surface area contributed by atoms with E-state index in [1.807, 2.05) is 24.2 Å². The van der Waals surface area contributed by atoms with Crippen LogP contribution in [0.4, 0.5) is 0 Å². The Hall–Kier alpha value is -0.750. The molecule has 1 aromatic rings. The van der Waals surface area contributed by atoms with E-state index in [1.54, 1.807) is 11.3 Å². The first-order valence-corrected chi connectivity index (χ1v) is 7.32. The quantitative estimate of drug-likeness (QED) is 0.640. The van der Waals surface area contributed by atoms with Crippen molar-refractivity contribution < 1.29 is 0 Å². The summed E-state index contributed by atoms with van der Waals surface area (Å²) in [6.07, 6.45) is 0. The number of hydrogen-bond acceptors (Lipinski definition) is 4. The van der Waals surface area contributed by atoms with E-state index in [9.17, 15) is 0 Å². The van der Waals surface area contributed by atoms with Gasteiger partial charge in [-0.3, -0.25) is 0 Å². The number of aromatic nitrogens is 1. The Morgan fingerprint density at radius 2 is 2.31 bits per heavy atom. The van der Waals surface area contributed by atoms with Gasteiger partial charge in [-0.15, -0.1) is 11.3 Å².